The van der Waals surface area contributed by atoms with Gasteiger partial charge in [-0.15, -0.1) is 0 Å². The predicted molar refractivity (Wildman–Crippen MR) is 110 cm³/mol. The van der Waals surface area contributed by atoms with Crippen LogP contribution in [0, 0.1) is 13.8 Å². The molecule has 2 aromatic rings. The second kappa shape index (κ2) is 9.78. The van der Waals surface area contributed by atoms with Crippen LogP contribution in [0.5, 0.6) is 11.5 Å². The molecule has 1 amide bonds. The minimum atomic E-state index is -1.36. The second-order valence-electron chi connectivity index (χ2n) is 6.83. The first-order valence-electron chi connectivity index (χ1n) is 9.38. The number of rotatable bonds is 9. The molecule has 0 fully saturated rings. The Bertz CT molecular complexity index is 988. The Balaban J connectivity index is 2.23. The van der Waals surface area contributed by atoms with E-state index in [0.29, 0.717) is 40.5 Å². The maximum atomic E-state index is 12.6. The van der Waals surface area contributed by atoms with Gasteiger partial charge in [-0.1, -0.05) is 12.1 Å². The molecule has 1 aromatic heterocycles. The quantitative estimate of drug-likeness (QED) is 0.495. The van der Waals surface area contributed by atoms with Crippen molar-refractivity contribution in [1.82, 2.24) is 9.88 Å². The lowest BCUT2D eigenvalue weighted by atomic mass is 10.0. The zero-order valence-corrected chi connectivity index (χ0v) is 17.7. The fraction of sp³-hybridized carbons (Fsp3) is 0.318. The van der Waals surface area contributed by atoms with Crippen LogP contribution in [-0.4, -0.2) is 54.9 Å². The molecule has 1 aromatic carbocycles. The molecular weight excluding hydrogens is 388 g/mol. The number of ether oxygens (including phenoxy) is 2. The molecule has 0 radical (unpaired) electrons. The fourth-order valence-electron chi connectivity index (χ4n) is 2.86. The van der Waals surface area contributed by atoms with Gasteiger partial charge in [0.15, 0.2) is 23.9 Å². The lowest BCUT2D eigenvalue weighted by Crippen LogP contribution is -2.27. The van der Waals surface area contributed by atoms with Crippen molar-refractivity contribution in [2.45, 2.75) is 20.8 Å². The number of carbonyl (C=O) groups is 3. The highest BCUT2D eigenvalue weighted by Crippen LogP contribution is 2.29. The Labute approximate surface area is 175 Å². The number of carboxylic acid groups (broad SMARTS) is 1. The number of likely N-dealkylation sites (N-methyl/N-ethyl adjacent to an activating group) is 1. The number of hydrogen-bond donors (Lipinski definition) is 1. The van der Waals surface area contributed by atoms with Crippen LogP contribution in [-0.2, 0) is 4.79 Å². The van der Waals surface area contributed by atoms with Gasteiger partial charge in [-0.3, -0.25) is 9.59 Å². The van der Waals surface area contributed by atoms with E-state index < -0.39 is 5.97 Å². The Hall–Kier alpha value is -3.55. The fourth-order valence-corrected chi connectivity index (χ4v) is 2.86. The Morgan fingerprint density at radius 2 is 1.83 bits per heavy atom. The number of ketones is 1. The van der Waals surface area contributed by atoms with Gasteiger partial charge in [0.05, 0.1) is 18.3 Å². The van der Waals surface area contributed by atoms with E-state index in [-0.39, 0.29) is 24.0 Å². The summed E-state index contributed by atoms with van der Waals surface area (Å²) >= 11 is 0. The van der Waals surface area contributed by atoms with E-state index in [1.165, 1.54) is 11.0 Å². The molecular formula is C22H25N2O6-. The lowest BCUT2D eigenvalue weighted by Gasteiger charge is -2.14. The number of carbonyl (C=O) groups excluding carboxylic acids is 3. The Morgan fingerprint density at radius 3 is 2.40 bits per heavy atom. The third kappa shape index (κ3) is 5.28. The van der Waals surface area contributed by atoms with Crippen LogP contribution in [0.4, 0.5) is 0 Å². The molecule has 1 N–H and O–H groups in total. The molecule has 0 saturated carbocycles. The summed E-state index contributed by atoms with van der Waals surface area (Å²) in [4.78, 5) is 39.6. The van der Waals surface area contributed by atoms with Gasteiger partial charge in [-0.05, 0) is 50.1 Å². The van der Waals surface area contributed by atoms with E-state index >= 15 is 0 Å². The first-order valence-corrected chi connectivity index (χ1v) is 9.38. The third-order valence-corrected chi connectivity index (χ3v) is 4.43. The van der Waals surface area contributed by atoms with Crippen LogP contribution in [0.1, 0.15) is 44.6 Å². The SMILES string of the molecule is CCOc1cc(/C=C/C(=O)c2c(C)[nH]c(C(=O)[O-])c2C)ccc1OCC(=O)N(C)C. The molecule has 0 atom stereocenters. The molecule has 8 nitrogen and oxygen atoms in total. The van der Waals surface area contributed by atoms with Crippen LogP contribution >= 0.6 is 0 Å². The molecule has 30 heavy (non-hydrogen) atoms. The van der Waals surface area contributed by atoms with Gasteiger partial charge in [0.1, 0.15) is 0 Å². The van der Waals surface area contributed by atoms with Crippen molar-refractivity contribution in [3.05, 3.63) is 52.4 Å². The van der Waals surface area contributed by atoms with Gasteiger partial charge in [0.2, 0.25) is 0 Å². The highest BCUT2D eigenvalue weighted by Gasteiger charge is 2.17. The Kier molecular flexibility index (Phi) is 7.41. The average molecular weight is 413 g/mol. The molecule has 0 aliphatic rings. The number of nitrogens with zero attached hydrogens (tertiary/aromatic N) is 1. The zero-order chi connectivity index (χ0) is 22.4. The average Bonchev–Trinajstić information content (AvgIpc) is 2.99. The normalized spacial score (nSPS) is 10.8. The summed E-state index contributed by atoms with van der Waals surface area (Å²) in [5, 5.41) is 11.1. The molecule has 2 rings (SSSR count). The molecule has 1 heterocycles. The molecule has 0 spiro atoms. The molecule has 0 aliphatic heterocycles. The van der Waals surface area contributed by atoms with Crippen molar-refractivity contribution in [3.63, 3.8) is 0 Å². The number of aryl methyl sites for hydroxylation is 1. The van der Waals surface area contributed by atoms with Crippen LogP contribution in [0.2, 0.25) is 0 Å². The number of aromatic amines is 1. The summed E-state index contributed by atoms with van der Waals surface area (Å²) in [6, 6.07) is 5.09. The van der Waals surface area contributed by atoms with Crippen molar-refractivity contribution in [2.75, 3.05) is 27.3 Å². The van der Waals surface area contributed by atoms with Crippen LogP contribution in [0.25, 0.3) is 6.08 Å². The van der Waals surface area contributed by atoms with Gasteiger partial charge in [0.25, 0.3) is 5.91 Å². The molecule has 0 saturated heterocycles. The number of aromatic nitrogens is 1. The number of hydrogen-bond acceptors (Lipinski definition) is 6. The standard InChI is InChI=1S/C22H26N2O6/c1-6-29-18-11-15(8-10-17(18)30-12-19(26)24(4)5)7-9-16(25)20-13(2)21(22(27)28)23-14(20)3/h7-11,23H,6,12H2,1-5H3,(H,27,28)/p-1/b9-7+. The first kappa shape index (κ1) is 22.7. The van der Waals surface area contributed by atoms with Crippen molar-refractivity contribution in [1.29, 1.82) is 0 Å². The van der Waals surface area contributed by atoms with Crippen molar-refractivity contribution in [3.8, 4) is 11.5 Å². The van der Waals surface area contributed by atoms with Crippen LogP contribution in [0.3, 0.4) is 0 Å². The molecule has 0 unspecified atom stereocenters. The van der Waals surface area contributed by atoms with Crippen molar-refractivity contribution < 1.29 is 29.0 Å². The van der Waals surface area contributed by atoms with E-state index in [0.717, 1.165) is 0 Å². The molecule has 0 bridgehead atoms. The van der Waals surface area contributed by atoms with Gasteiger partial charge in [0, 0.05) is 25.4 Å². The number of amides is 1. The predicted octanol–water partition coefficient (Wildman–Crippen LogP) is 1.76. The molecule has 160 valence electrons. The minimum Gasteiger partial charge on any atom is -0.543 e. The number of H-pyrrole nitrogens is 1. The topological polar surface area (TPSA) is 112 Å². The van der Waals surface area contributed by atoms with Crippen LogP contribution in [0.15, 0.2) is 24.3 Å². The smallest absolute Gasteiger partial charge is 0.259 e. The monoisotopic (exact) mass is 413 g/mol. The van der Waals surface area contributed by atoms with E-state index in [1.807, 2.05) is 6.92 Å². The van der Waals surface area contributed by atoms with Gasteiger partial charge >= 0.3 is 0 Å². The third-order valence-electron chi connectivity index (χ3n) is 4.43. The van der Waals surface area contributed by atoms with E-state index in [9.17, 15) is 19.5 Å². The number of nitrogens with one attached hydrogen (secondary N) is 1. The minimum absolute atomic E-state index is 0.100. The molecule has 0 aliphatic carbocycles. The number of allylic oxidation sites excluding steroid dienone is 1. The highest BCUT2D eigenvalue weighted by atomic mass is 16.5. The highest BCUT2D eigenvalue weighted by molar-refractivity contribution is 6.10. The zero-order valence-electron chi connectivity index (χ0n) is 17.7. The number of carboxylic acids is 1. The van der Waals surface area contributed by atoms with E-state index in [4.69, 9.17) is 9.47 Å². The van der Waals surface area contributed by atoms with E-state index in [1.54, 1.807) is 52.2 Å². The number of aromatic carboxylic acids is 1. The van der Waals surface area contributed by atoms with Crippen LogP contribution < -0.4 is 14.6 Å². The largest absolute Gasteiger partial charge is 0.543 e. The van der Waals surface area contributed by atoms with Gasteiger partial charge < -0.3 is 29.3 Å². The maximum absolute atomic E-state index is 12.6. The summed E-state index contributed by atoms with van der Waals surface area (Å²) in [6.45, 7) is 5.30. The second-order valence-corrected chi connectivity index (χ2v) is 6.83. The van der Waals surface area contributed by atoms with Crippen molar-refractivity contribution >= 4 is 23.7 Å². The van der Waals surface area contributed by atoms with Gasteiger partial charge in [-0.25, -0.2) is 0 Å². The van der Waals surface area contributed by atoms with Crippen molar-refractivity contribution in [2.24, 2.45) is 0 Å². The Morgan fingerprint density at radius 1 is 1.13 bits per heavy atom. The number of benzene rings is 1. The molecule has 8 heteroatoms. The summed E-state index contributed by atoms with van der Waals surface area (Å²) in [6.07, 6.45) is 2.97. The summed E-state index contributed by atoms with van der Waals surface area (Å²) in [7, 11) is 3.29. The summed E-state index contributed by atoms with van der Waals surface area (Å²) < 4.78 is 11.1. The summed E-state index contributed by atoms with van der Waals surface area (Å²) in [5.41, 5.74) is 1.69. The lowest BCUT2D eigenvalue weighted by molar-refractivity contribution is -0.255. The van der Waals surface area contributed by atoms with Gasteiger partial charge in [-0.2, -0.15) is 0 Å². The maximum Gasteiger partial charge on any atom is 0.259 e. The van der Waals surface area contributed by atoms with E-state index in [2.05, 4.69) is 4.98 Å². The first-order chi connectivity index (χ1) is 14.1. The summed E-state index contributed by atoms with van der Waals surface area (Å²) in [5.74, 6) is -0.995.